The van der Waals surface area contributed by atoms with Gasteiger partial charge in [-0.3, -0.25) is 0 Å². The molecule has 12 heavy (non-hydrogen) atoms. The first-order valence-electron chi connectivity index (χ1n) is 4.51. The molecule has 1 aliphatic heterocycles. The minimum atomic E-state index is -0.555. The van der Waals surface area contributed by atoms with E-state index in [1.54, 1.807) is 0 Å². The topological polar surface area (TPSA) is 64.5 Å². The van der Waals surface area contributed by atoms with Crippen LogP contribution in [0, 0.1) is 0 Å². The largest absolute Gasteiger partial charge is 0.395 e. The van der Waals surface area contributed by atoms with Gasteiger partial charge < -0.3 is 20.8 Å². The third-order valence-corrected chi connectivity index (χ3v) is 2.28. The number of nitrogens with one attached hydrogen (secondary N) is 2. The van der Waals surface area contributed by atoms with Crippen molar-refractivity contribution >= 4 is 0 Å². The molecule has 0 radical (unpaired) electrons. The number of piperidine rings is 1. The molecule has 4 heteroatoms. The SMILES string of the molecule is OCCNCC1(O)CCNCC1. The number of aliphatic hydroxyl groups excluding tert-OH is 1. The average Bonchev–Trinajstić information content (AvgIpc) is 2.06. The fourth-order valence-electron chi connectivity index (χ4n) is 1.47. The molecular formula is C8H18N2O2. The minimum absolute atomic E-state index is 0.133. The van der Waals surface area contributed by atoms with E-state index in [1.165, 1.54) is 0 Å². The fourth-order valence-corrected chi connectivity index (χ4v) is 1.47. The third-order valence-electron chi connectivity index (χ3n) is 2.28. The van der Waals surface area contributed by atoms with Gasteiger partial charge in [0.05, 0.1) is 12.2 Å². The molecule has 0 bridgehead atoms. The Morgan fingerprint density at radius 3 is 2.58 bits per heavy atom. The molecule has 0 aliphatic carbocycles. The monoisotopic (exact) mass is 174 g/mol. The van der Waals surface area contributed by atoms with E-state index in [2.05, 4.69) is 10.6 Å². The van der Waals surface area contributed by atoms with Crippen LogP contribution in [0.25, 0.3) is 0 Å². The van der Waals surface area contributed by atoms with Crippen LogP contribution in [-0.2, 0) is 0 Å². The third kappa shape index (κ3) is 3.06. The van der Waals surface area contributed by atoms with Crippen molar-refractivity contribution in [1.29, 1.82) is 0 Å². The second-order valence-electron chi connectivity index (χ2n) is 3.37. The van der Waals surface area contributed by atoms with Gasteiger partial charge in [0.1, 0.15) is 0 Å². The van der Waals surface area contributed by atoms with Crippen molar-refractivity contribution in [3.05, 3.63) is 0 Å². The van der Waals surface area contributed by atoms with E-state index in [0.29, 0.717) is 13.1 Å². The highest BCUT2D eigenvalue weighted by Gasteiger charge is 2.27. The second kappa shape index (κ2) is 4.77. The Morgan fingerprint density at radius 2 is 2.00 bits per heavy atom. The summed E-state index contributed by atoms with van der Waals surface area (Å²) in [5.41, 5.74) is -0.555. The lowest BCUT2D eigenvalue weighted by Crippen LogP contribution is -2.48. The number of aliphatic hydroxyl groups is 2. The highest BCUT2D eigenvalue weighted by atomic mass is 16.3. The summed E-state index contributed by atoms with van der Waals surface area (Å²) in [7, 11) is 0. The molecule has 4 N–H and O–H groups in total. The first-order valence-corrected chi connectivity index (χ1v) is 4.51. The molecule has 0 aromatic rings. The first kappa shape index (κ1) is 9.92. The van der Waals surface area contributed by atoms with Crippen molar-refractivity contribution < 1.29 is 10.2 Å². The molecule has 4 nitrogen and oxygen atoms in total. The summed E-state index contributed by atoms with van der Waals surface area (Å²) in [4.78, 5) is 0. The van der Waals surface area contributed by atoms with Crippen molar-refractivity contribution in [1.82, 2.24) is 10.6 Å². The van der Waals surface area contributed by atoms with Gasteiger partial charge in [0, 0.05) is 13.1 Å². The maximum Gasteiger partial charge on any atom is 0.0795 e. The maximum absolute atomic E-state index is 9.91. The summed E-state index contributed by atoms with van der Waals surface area (Å²) in [6.07, 6.45) is 1.59. The lowest BCUT2D eigenvalue weighted by Gasteiger charge is -2.32. The van der Waals surface area contributed by atoms with Crippen LogP contribution < -0.4 is 10.6 Å². The van der Waals surface area contributed by atoms with E-state index in [-0.39, 0.29) is 6.61 Å². The Hall–Kier alpha value is -0.160. The Morgan fingerprint density at radius 1 is 1.33 bits per heavy atom. The Kier molecular flexibility index (Phi) is 3.94. The normalized spacial score (nSPS) is 22.5. The first-order chi connectivity index (χ1) is 5.77. The van der Waals surface area contributed by atoms with Gasteiger partial charge in [-0.1, -0.05) is 0 Å². The molecule has 1 rings (SSSR count). The van der Waals surface area contributed by atoms with Gasteiger partial charge in [-0.05, 0) is 25.9 Å². The predicted octanol–water partition coefficient (Wildman–Crippen LogP) is -1.32. The van der Waals surface area contributed by atoms with Crippen LogP contribution in [-0.4, -0.2) is 48.6 Å². The van der Waals surface area contributed by atoms with Crippen molar-refractivity contribution in [3.63, 3.8) is 0 Å². The van der Waals surface area contributed by atoms with Crippen molar-refractivity contribution in [3.8, 4) is 0 Å². The summed E-state index contributed by atoms with van der Waals surface area (Å²) in [6, 6.07) is 0. The van der Waals surface area contributed by atoms with Crippen LogP contribution in [0.3, 0.4) is 0 Å². The standard InChI is InChI=1S/C8H18N2O2/c11-6-5-10-7-8(12)1-3-9-4-2-8/h9-12H,1-7H2. The van der Waals surface area contributed by atoms with Crippen LogP contribution in [0.5, 0.6) is 0 Å². The lowest BCUT2D eigenvalue weighted by molar-refractivity contribution is 0.0106. The van der Waals surface area contributed by atoms with Crippen LogP contribution in [0.15, 0.2) is 0 Å². The van der Waals surface area contributed by atoms with Crippen LogP contribution in [0.4, 0.5) is 0 Å². The highest BCUT2D eigenvalue weighted by Crippen LogP contribution is 2.16. The smallest absolute Gasteiger partial charge is 0.0795 e. The molecule has 1 heterocycles. The molecule has 0 spiro atoms. The van der Waals surface area contributed by atoms with E-state index in [0.717, 1.165) is 25.9 Å². The molecule has 1 fully saturated rings. The van der Waals surface area contributed by atoms with E-state index >= 15 is 0 Å². The molecule has 0 aromatic carbocycles. The minimum Gasteiger partial charge on any atom is -0.395 e. The number of rotatable bonds is 4. The van der Waals surface area contributed by atoms with Gasteiger partial charge in [0.25, 0.3) is 0 Å². The molecule has 0 unspecified atom stereocenters. The Bertz CT molecular complexity index is 124. The average molecular weight is 174 g/mol. The van der Waals surface area contributed by atoms with E-state index < -0.39 is 5.60 Å². The molecule has 0 aromatic heterocycles. The van der Waals surface area contributed by atoms with Crippen molar-refractivity contribution in [2.45, 2.75) is 18.4 Å². The highest BCUT2D eigenvalue weighted by molar-refractivity contribution is 4.85. The fraction of sp³-hybridized carbons (Fsp3) is 1.00. The number of hydrogen-bond donors (Lipinski definition) is 4. The summed E-state index contributed by atoms with van der Waals surface area (Å²) >= 11 is 0. The van der Waals surface area contributed by atoms with Crippen molar-refractivity contribution in [2.24, 2.45) is 0 Å². The van der Waals surface area contributed by atoms with E-state index in [4.69, 9.17) is 5.11 Å². The molecule has 1 aliphatic rings. The summed E-state index contributed by atoms with van der Waals surface area (Å²) in [6.45, 7) is 3.06. The lowest BCUT2D eigenvalue weighted by atomic mass is 9.92. The van der Waals surface area contributed by atoms with E-state index in [1.807, 2.05) is 0 Å². The van der Waals surface area contributed by atoms with Crippen LogP contribution in [0.1, 0.15) is 12.8 Å². The van der Waals surface area contributed by atoms with Crippen molar-refractivity contribution in [2.75, 3.05) is 32.8 Å². The molecule has 72 valence electrons. The molecular weight excluding hydrogens is 156 g/mol. The predicted molar refractivity (Wildman–Crippen MR) is 47.0 cm³/mol. The van der Waals surface area contributed by atoms with Gasteiger partial charge in [-0.15, -0.1) is 0 Å². The molecule has 0 atom stereocenters. The Balaban J connectivity index is 2.17. The maximum atomic E-state index is 9.91. The van der Waals surface area contributed by atoms with Gasteiger partial charge in [-0.25, -0.2) is 0 Å². The van der Waals surface area contributed by atoms with Gasteiger partial charge in [0.15, 0.2) is 0 Å². The molecule has 1 saturated heterocycles. The zero-order chi connectivity index (χ0) is 8.86. The summed E-state index contributed by atoms with van der Waals surface area (Å²) in [5, 5.41) is 24.6. The summed E-state index contributed by atoms with van der Waals surface area (Å²) < 4.78 is 0. The second-order valence-corrected chi connectivity index (χ2v) is 3.37. The zero-order valence-corrected chi connectivity index (χ0v) is 7.34. The van der Waals surface area contributed by atoms with Gasteiger partial charge in [0.2, 0.25) is 0 Å². The quantitative estimate of drug-likeness (QED) is 0.399. The Labute approximate surface area is 73.0 Å². The van der Waals surface area contributed by atoms with Gasteiger partial charge in [-0.2, -0.15) is 0 Å². The molecule has 0 saturated carbocycles. The summed E-state index contributed by atoms with van der Waals surface area (Å²) in [5.74, 6) is 0. The molecule has 0 amide bonds. The van der Waals surface area contributed by atoms with E-state index in [9.17, 15) is 5.11 Å². The van der Waals surface area contributed by atoms with Crippen LogP contribution in [0.2, 0.25) is 0 Å². The van der Waals surface area contributed by atoms with Gasteiger partial charge >= 0.3 is 0 Å². The number of hydrogen-bond acceptors (Lipinski definition) is 4. The zero-order valence-electron chi connectivity index (χ0n) is 7.34. The van der Waals surface area contributed by atoms with Crippen LogP contribution >= 0.6 is 0 Å².